The largest absolute Gasteiger partial charge is 0.484 e. The molecule has 0 spiro atoms. The standard InChI is InChI=1S/C20H15Cl2FN2O2/c21-14-7-9-15(10-8-14)27-13-20(26)25(19-6-1-2-11-24-19)12-16-17(22)4-3-5-18(16)23/h1-11H,12-13H2. The highest BCUT2D eigenvalue weighted by Crippen LogP contribution is 2.23. The van der Waals surface area contributed by atoms with Crippen LogP contribution in [-0.2, 0) is 11.3 Å². The minimum absolute atomic E-state index is 0.0642. The van der Waals surface area contributed by atoms with Gasteiger partial charge in [-0.1, -0.05) is 35.3 Å². The van der Waals surface area contributed by atoms with Gasteiger partial charge in [0.2, 0.25) is 0 Å². The molecule has 0 fully saturated rings. The Morgan fingerprint density at radius 1 is 1.04 bits per heavy atom. The first-order valence-electron chi connectivity index (χ1n) is 8.07. The first-order chi connectivity index (χ1) is 13.0. The summed E-state index contributed by atoms with van der Waals surface area (Å²) in [6.07, 6.45) is 1.55. The van der Waals surface area contributed by atoms with Gasteiger partial charge in [0.15, 0.2) is 6.61 Å². The van der Waals surface area contributed by atoms with Gasteiger partial charge in [-0.3, -0.25) is 9.69 Å². The lowest BCUT2D eigenvalue weighted by Gasteiger charge is -2.22. The predicted octanol–water partition coefficient (Wildman–Crippen LogP) is 5.14. The molecule has 4 nitrogen and oxygen atoms in total. The Hall–Kier alpha value is -2.63. The number of carbonyl (C=O) groups excluding carboxylic acids is 1. The van der Waals surface area contributed by atoms with Gasteiger partial charge < -0.3 is 4.74 Å². The summed E-state index contributed by atoms with van der Waals surface area (Å²) in [5.41, 5.74) is 0.213. The number of amides is 1. The first-order valence-corrected chi connectivity index (χ1v) is 8.83. The van der Waals surface area contributed by atoms with Gasteiger partial charge >= 0.3 is 0 Å². The lowest BCUT2D eigenvalue weighted by molar-refractivity contribution is -0.120. The Kier molecular flexibility index (Phi) is 6.27. The van der Waals surface area contributed by atoms with E-state index in [4.69, 9.17) is 27.9 Å². The molecule has 0 N–H and O–H groups in total. The Bertz CT molecular complexity index is 901. The minimum Gasteiger partial charge on any atom is -0.484 e. The van der Waals surface area contributed by atoms with Crippen LogP contribution in [0.4, 0.5) is 10.2 Å². The second kappa shape index (κ2) is 8.84. The molecule has 0 saturated carbocycles. The molecule has 0 atom stereocenters. The van der Waals surface area contributed by atoms with Gasteiger partial charge in [0, 0.05) is 21.8 Å². The molecule has 27 heavy (non-hydrogen) atoms. The molecule has 0 aliphatic carbocycles. The fourth-order valence-electron chi connectivity index (χ4n) is 2.41. The van der Waals surface area contributed by atoms with Crippen LogP contribution in [-0.4, -0.2) is 17.5 Å². The molecule has 138 valence electrons. The van der Waals surface area contributed by atoms with Crippen LogP contribution in [0, 0.1) is 5.82 Å². The third-order valence-corrected chi connectivity index (χ3v) is 4.39. The quantitative estimate of drug-likeness (QED) is 0.571. The van der Waals surface area contributed by atoms with Crippen molar-refractivity contribution in [1.82, 2.24) is 4.98 Å². The number of pyridine rings is 1. The molecular formula is C20H15Cl2FN2O2. The summed E-state index contributed by atoms with van der Waals surface area (Å²) >= 11 is 11.9. The predicted molar refractivity (Wildman–Crippen MR) is 104 cm³/mol. The van der Waals surface area contributed by atoms with Gasteiger partial charge in [0.1, 0.15) is 17.4 Å². The minimum atomic E-state index is -0.491. The molecule has 0 aliphatic rings. The van der Waals surface area contributed by atoms with E-state index in [1.807, 2.05) is 0 Å². The summed E-state index contributed by atoms with van der Waals surface area (Å²) in [6, 6.07) is 16.2. The summed E-state index contributed by atoms with van der Waals surface area (Å²) < 4.78 is 19.7. The van der Waals surface area contributed by atoms with E-state index in [1.54, 1.807) is 54.7 Å². The van der Waals surface area contributed by atoms with Crippen LogP contribution in [0.25, 0.3) is 0 Å². The molecule has 3 rings (SSSR count). The van der Waals surface area contributed by atoms with E-state index in [2.05, 4.69) is 4.98 Å². The average Bonchev–Trinajstić information content (AvgIpc) is 2.68. The maximum atomic E-state index is 14.2. The third-order valence-electron chi connectivity index (χ3n) is 3.78. The van der Waals surface area contributed by atoms with Gasteiger partial charge in [-0.25, -0.2) is 9.37 Å². The van der Waals surface area contributed by atoms with E-state index in [0.717, 1.165) is 0 Å². The highest BCUT2D eigenvalue weighted by atomic mass is 35.5. The average molecular weight is 405 g/mol. The van der Waals surface area contributed by atoms with Crippen molar-refractivity contribution < 1.29 is 13.9 Å². The SMILES string of the molecule is O=C(COc1ccc(Cl)cc1)N(Cc1c(F)cccc1Cl)c1ccccn1. The number of aromatic nitrogens is 1. The smallest absolute Gasteiger partial charge is 0.266 e. The molecule has 1 aromatic heterocycles. The van der Waals surface area contributed by atoms with Crippen molar-refractivity contribution in [2.24, 2.45) is 0 Å². The summed E-state index contributed by atoms with van der Waals surface area (Å²) in [7, 11) is 0. The van der Waals surface area contributed by atoms with Crippen molar-refractivity contribution >= 4 is 34.9 Å². The molecule has 3 aromatic rings. The second-order valence-electron chi connectivity index (χ2n) is 5.61. The van der Waals surface area contributed by atoms with Crippen molar-refractivity contribution in [3.05, 3.63) is 88.3 Å². The molecule has 0 saturated heterocycles. The van der Waals surface area contributed by atoms with Crippen LogP contribution in [0.2, 0.25) is 10.0 Å². The highest BCUT2D eigenvalue weighted by Gasteiger charge is 2.21. The maximum Gasteiger partial charge on any atom is 0.266 e. The fourth-order valence-corrected chi connectivity index (χ4v) is 2.75. The van der Waals surface area contributed by atoms with Gasteiger partial charge in [-0.15, -0.1) is 0 Å². The molecule has 1 amide bonds. The van der Waals surface area contributed by atoms with E-state index in [9.17, 15) is 9.18 Å². The van der Waals surface area contributed by atoms with Crippen LogP contribution in [0.15, 0.2) is 66.9 Å². The van der Waals surface area contributed by atoms with Gasteiger partial charge in [0.25, 0.3) is 5.91 Å². The van der Waals surface area contributed by atoms with Crippen LogP contribution in [0.1, 0.15) is 5.56 Å². The molecule has 0 bridgehead atoms. The van der Waals surface area contributed by atoms with E-state index in [0.29, 0.717) is 16.6 Å². The number of hydrogen-bond donors (Lipinski definition) is 0. The Morgan fingerprint density at radius 3 is 2.48 bits per heavy atom. The van der Waals surface area contributed by atoms with Crippen LogP contribution in [0.5, 0.6) is 5.75 Å². The molecular weight excluding hydrogens is 390 g/mol. The van der Waals surface area contributed by atoms with Gasteiger partial charge in [0.05, 0.1) is 6.54 Å². The van der Waals surface area contributed by atoms with Crippen LogP contribution in [0.3, 0.4) is 0 Å². The van der Waals surface area contributed by atoms with E-state index >= 15 is 0 Å². The first kappa shape index (κ1) is 19.1. The van der Waals surface area contributed by atoms with Crippen LogP contribution < -0.4 is 9.64 Å². The molecule has 0 radical (unpaired) electrons. The van der Waals surface area contributed by atoms with Crippen LogP contribution >= 0.6 is 23.2 Å². The Morgan fingerprint density at radius 2 is 1.81 bits per heavy atom. The topological polar surface area (TPSA) is 42.4 Å². The number of halogens is 3. The Balaban J connectivity index is 1.81. The Labute approximate surface area is 166 Å². The fraction of sp³-hybridized carbons (Fsp3) is 0.100. The monoisotopic (exact) mass is 404 g/mol. The second-order valence-corrected chi connectivity index (χ2v) is 6.45. The lowest BCUT2D eigenvalue weighted by atomic mass is 10.2. The van der Waals surface area contributed by atoms with E-state index in [1.165, 1.54) is 17.0 Å². The zero-order valence-corrected chi connectivity index (χ0v) is 15.6. The number of ether oxygens (including phenoxy) is 1. The number of hydrogen-bond acceptors (Lipinski definition) is 3. The molecule has 0 aliphatic heterocycles. The highest BCUT2D eigenvalue weighted by molar-refractivity contribution is 6.31. The number of nitrogens with zero attached hydrogens (tertiary/aromatic N) is 2. The molecule has 7 heteroatoms. The molecule has 1 heterocycles. The van der Waals surface area contributed by atoms with Gasteiger partial charge in [-0.2, -0.15) is 0 Å². The zero-order valence-electron chi connectivity index (χ0n) is 14.1. The van der Waals surface area contributed by atoms with Crippen molar-refractivity contribution in [3.8, 4) is 5.75 Å². The van der Waals surface area contributed by atoms with Gasteiger partial charge in [-0.05, 0) is 48.5 Å². The molecule has 2 aromatic carbocycles. The third kappa shape index (κ3) is 4.96. The lowest BCUT2D eigenvalue weighted by Crippen LogP contribution is -2.35. The van der Waals surface area contributed by atoms with E-state index < -0.39 is 5.82 Å². The van der Waals surface area contributed by atoms with E-state index in [-0.39, 0.29) is 29.6 Å². The normalized spacial score (nSPS) is 10.5. The zero-order chi connectivity index (χ0) is 19.2. The molecule has 0 unspecified atom stereocenters. The summed E-state index contributed by atoms with van der Waals surface area (Å²) in [6.45, 7) is -0.310. The maximum absolute atomic E-state index is 14.2. The van der Waals surface area contributed by atoms with Crippen molar-refractivity contribution in [3.63, 3.8) is 0 Å². The summed E-state index contributed by atoms with van der Waals surface area (Å²) in [5, 5.41) is 0.806. The number of benzene rings is 2. The summed E-state index contributed by atoms with van der Waals surface area (Å²) in [5.74, 6) is -0.00279. The van der Waals surface area contributed by atoms with Crippen molar-refractivity contribution in [1.29, 1.82) is 0 Å². The number of rotatable bonds is 6. The number of anilines is 1. The number of carbonyl (C=O) groups is 1. The van der Waals surface area contributed by atoms with Crippen molar-refractivity contribution in [2.45, 2.75) is 6.54 Å². The van der Waals surface area contributed by atoms with Crippen molar-refractivity contribution in [2.75, 3.05) is 11.5 Å². The summed E-state index contributed by atoms with van der Waals surface area (Å²) in [4.78, 5) is 18.3.